The van der Waals surface area contributed by atoms with Gasteiger partial charge in [-0.25, -0.2) is 14.6 Å². The summed E-state index contributed by atoms with van der Waals surface area (Å²) in [7, 11) is 0.144. The zero-order chi connectivity index (χ0) is 34.6. The molecule has 1 fully saturated rings. The van der Waals surface area contributed by atoms with Crippen molar-refractivity contribution < 1.29 is 37.8 Å². The number of fused-ring (bicyclic) bond motifs is 1. The molecule has 0 unspecified atom stereocenters. The number of nitrogens with zero attached hydrogens (tertiary/aromatic N) is 2. The molecule has 0 spiro atoms. The summed E-state index contributed by atoms with van der Waals surface area (Å²) in [4.78, 5) is 39.8. The lowest BCUT2D eigenvalue weighted by molar-refractivity contribution is -0.149. The van der Waals surface area contributed by atoms with E-state index >= 15 is 0 Å². The van der Waals surface area contributed by atoms with E-state index in [1.807, 2.05) is 60.7 Å². The van der Waals surface area contributed by atoms with Crippen molar-refractivity contribution in [2.45, 2.75) is 103 Å². The highest BCUT2D eigenvalue weighted by atomic mass is 28.4. The lowest BCUT2D eigenvalue weighted by atomic mass is 9.90. The Balaban J connectivity index is 1.70. The number of esters is 2. The van der Waals surface area contributed by atoms with E-state index in [0.29, 0.717) is 19.6 Å². The Hall–Kier alpha value is -3.35. The van der Waals surface area contributed by atoms with Crippen molar-refractivity contribution >= 4 is 26.2 Å². The number of ether oxygens (including phenoxy) is 4. The second-order valence-electron chi connectivity index (χ2n) is 14.2. The van der Waals surface area contributed by atoms with Crippen molar-refractivity contribution in [2.75, 3.05) is 20.8 Å². The molecule has 2 heterocycles. The maximum Gasteiger partial charge on any atom is 0.356 e. The number of carbonyl (C=O) groups is 3. The normalized spacial score (nSPS) is 19.5. The van der Waals surface area contributed by atoms with Crippen LogP contribution in [0.1, 0.15) is 58.6 Å². The first-order valence-corrected chi connectivity index (χ1v) is 19.0. The van der Waals surface area contributed by atoms with E-state index in [1.165, 1.54) is 19.2 Å². The van der Waals surface area contributed by atoms with Crippen LogP contribution in [0.2, 0.25) is 18.1 Å². The molecule has 0 N–H and O–H groups in total. The molecule has 2 aromatic carbocycles. The van der Waals surface area contributed by atoms with Crippen LogP contribution in [0.25, 0.3) is 0 Å². The molecule has 1 amide bonds. The molecule has 256 valence electrons. The highest BCUT2D eigenvalue weighted by molar-refractivity contribution is 6.74. The Morgan fingerprint density at radius 2 is 1.45 bits per heavy atom. The van der Waals surface area contributed by atoms with Crippen molar-refractivity contribution in [3.05, 3.63) is 83.1 Å². The zero-order valence-corrected chi connectivity index (χ0v) is 30.2. The van der Waals surface area contributed by atoms with Gasteiger partial charge in [-0.2, -0.15) is 5.01 Å². The van der Waals surface area contributed by atoms with Gasteiger partial charge in [0.15, 0.2) is 14.0 Å². The Bertz CT molecular complexity index is 1440. The molecule has 4 rings (SSSR count). The van der Waals surface area contributed by atoms with E-state index < -0.39 is 44.0 Å². The third kappa shape index (κ3) is 8.03. The fourth-order valence-electron chi connectivity index (χ4n) is 6.04. The van der Waals surface area contributed by atoms with Crippen LogP contribution in [-0.2, 0) is 51.0 Å². The predicted molar refractivity (Wildman–Crippen MR) is 180 cm³/mol. The third-order valence-electron chi connectivity index (χ3n) is 9.48. The summed E-state index contributed by atoms with van der Waals surface area (Å²) in [6.45, 7) is 15.6. The minimum atomic E-state index is -2.34. The second-order valence-corrected chi connectivity index (χ2v) is 18.9. The van der Waals surface area contributed by atoms with E-state index in [1.54, 1.807) is 18.9 Å². The van der Waals surface area contributed by atoms with Crippen LogP contribution < -0.4 is 0 Å². The quantitative estimate of drug-likeness (QED) is 0.183. The summed E-state index contributed by atoms with van der Waals surface area (Å²) < 4.78 is 30.2. The Labute approximate surface area is 280 Å². The standard InChI is InChI=1S/C36H50N2O8Si/c1-35(2,3)47(8,9)46-29(24-44-22-25-16-12-10-13-17-25)28(45-23-26-18-14-11-15-19-26)20-27-21-30(39)37-32(34(41)43-7)31(33(40)42-6)36(4,5)38(27)37/h10-19,27-29H,20-24H2,1-9H3/t27-,28+,29-/m1/s1. The van der Waals surface area contributed by atoms with Crippen molar-refractivity contribution in [3.8, 4) is 0 Å². The molecule has 1 saturated heterocycles. The lowest BCUT2D eigenvalue weighted by Gasteiger charge is -2.43. The SMILES string of the molecule is COC(=O)C1=C(C(=O)OC)C(C)(C)N2[C@H](C[C@H](OCc3ccccc3)[C@@H](COCc3ccccc3)O[Si](C)(C)C(C)(C)C)CC(=O)N12. The van der Waals surface area contributed by atoms with Gasteiger partial charge in [0.2, 0.25) is 5.91 Å². The van der Waals surface area contributed by atoms with Crippen LogP contribution in [0.4, 0.5) is 0 Å². The minimum absolute atomic E-state index is 0.0759. The van der Waals surface area contributed by atoms with Crippen LogP contribution >= 0.6 is 0 Å². The molecular weight excluding hydrogens is 616 g/mol. The van der Waals surface area contributed by atoms with Crippen LogP contribution in [-0.4, -0.2) is 80.8 Å². The molecule has 2 aliphatic heterocycles. The number of carbonyl (C=O) groups excluding carboxylic acids is 3. The van der Waals surface area contributed by atoms with Crippen molar-refractivity contribution in [1.29, 1.82) is 0 Å². The van der Waals surface area contributed by atoms with Crippen molar-refractivity contribution in [2.24, 2.45) is 0 Å². The number of hydrogen-bond acceptors (Lipinski definition) is 9. The second kappa shape index (κ2) is 14.8. The smallest absolute Gasteiger partial charge is 0.356 e. The van der Waals surface area contributed by atoms with Gasteiger partial charge in [-0.05, 0) is 49.5 Å². The van der Waals surface area contributed by atoms with Gasteiger partial charge in [-0.15, -0.1) is 0 Å². The molecule has 10 nitrogen and oxygen atoms in total. The molecule has 3 atom stereocenters. The van der Waals surface area contributed by atoms with Crippen LogP contribution in [0.15, 0.2) is 71.9 Å². The summed E-state index contributed by atoms with van der Waals surface area (Å²) in [6, 6.07) is 19.4. The summed E-state index contributed by atoms with van der Waals surface area (Å²) >= 11 is 0. The van der Waals surface area contributed by atoms with Gasteiger partial charge in [-0.1, -0.05) is 81.4 Å². The zero-order valence-electron chi connectivity index (χ0n) is 29.2. The van der Waals surface area contributed by atoms with Gasteiger partial charge in [0, 0.05) is 12.5 Å². The molecule has 0 bridgehead atoms. The molecule has 47 heavy (non-hydrogen) atoms. The molecule has 0 aliphatic carbocycles. The van der Waals surface area contributed by atoms with Crippen LogP contribution in [0, 0.1) is 0 Å². The van der Waals surface area contributed by atoms with Gasteiger partial charge in [-0.3, -0.25) is 4.79 Å². The average molecular weight is 667 g/mol. The highest BCUT2D eigenvalue weighted by Crippen LogP contribution is 2.46. The largest absolute Gasteiger partial charge is 0.466 e. The number of benzene rings is 2. The lowest BCUT2D eigenvalue weighted by Crippen LogP contribution is -2.53. The fourth-order valence-corrected chi connectivity index (χ4v) is 7.37. The Morgan fingerprint density at radius 1 is 0.894 bits per heavy atom. The average Bonchev–Trinajstić information content (AvgIpc) is 3.49. The number of rotatable bonds is 14. The van der Waals surface area contributed by atoms with Gasteiger partial charge in [0.05, 0.1) is 57.4 Å². The maximum atomic E-state index is 13.7. The van der Waals surface area contributed by atoms with Crippen molar-refractivity contribution in [1.82, 2.24) is 10.0 Å². The van der Waals surface area contributed by atoms with E-state index in [2.05, 4.69) is 33.9 Å². The monoisotopic (exact) mass is 666 g/mol. The maximum absolute atomic E-state index is 13.7. The summed E-state index contributed by atoms with van der Waals surface area (Å²) in [5.41, 5.74) is 0.956. The van der Waals surface area contributed by atoms with Crippen LogP contribution in [0.3, 0.4) is 0 Å². The molecule has 0 aromatic heterocycles. The van der Waals surface area contributed by atoms with E-state index in [4.69, 9.17) is 23.4 Å². The van der Waals surface area contributed by atoms with Gasteiger partial charge < -0.3 is 23.4 Å². The number of amides is 1. The van der Waals surface area contributed by atoms with E-state index in [-0.39, 0.29) is 35.2 Å². The fraction of sp³-hybridized carbons (Fsp3) is 0.528. The molecule has 11 heteroatoms. The first kappa shape index (κ1) is 36.5. The third-order valence-corrected chi connectivity index (χ3v) is 14.0. The first-order valence-electron chi connectivity index (χ1n) is 16.1. The Morgan fingerprint density at radius 3 is 1.98 bits per heavy atom. The predicted octanol–water partition coefficient (Wildman–Crippen LogP) is 5.78. The summed E-state index contributed by atoms with van der Waals surface area (Å²) in [6.07, 6.45) is -0.486. The summed E-state index contributed by atoms with van der Waals surface area (Å²) in [5.74, 6) is -1.78. The van der Waals surface area contributed by atoms with Gasteiger partial charge >= 0.3 is 11.9 Å². The topological polar surface area (TPSA) is 104 Å². The highest BCUT2D eigenvalue weighted by Gasteiger charge is 2.59. The molecule has 2 aromatic rings. The number of hydrazine groups is 1. The van der Waals surface area contributed by atoms with Crippen LogP contribution in [0.5, 0.6) is 0 Å². The molecule has 0 radical (unpaired) electrons. The van der Waals surface area contributed by atoms with E-state index in [9.17, 15) is 14.4 Å². The number of methoxy groups -OCH3 is 2. The molecule has 2 aliphatic rings. The van der Waals surface area contributed by atoms with Gasteiger partial charge in [0.1, 0.15) is 0 Å². The molecular formula is C36H50N2O8Si. The number of hydrogen-bond donors (Lipinski definition) is 0. The van der Waals surface area contributed by atoms with Crippen molar-refractivity contribution in [3.63, 3.8) is 0 Å². The van der Waals surface area contributed by atoms with Gasteiger partial charge in [0.25, 0.3) is 0 Å². The van der Waals surface area contributed by atoms with E-state index in [0.717, 1.165) is 11.1 Å². The summed E-state index contributed by atoms with van der Waals surface area (Å²) in [5, 5.41) is 3.02. The Kier molecular flexibility index (Phi) is 11.5. The molecule has 0 saturated carbocycles. The first-order chi connectivity index (χ1) is 22.1. The minimum Gasteiger partial charge on any atom is -0.466 e.